The van der Waals surface area contributed by atoms with Crippen molar-refractivity contribution in [2.45, 2.75) is 31.3 Å². The molecule has 0 aliphatic rings. The molecule has 2 aromatic rings. The second-order valence-corrected chi connectivity index (χ2v) is 8.31. The number of carbonyl (C=O) groups excluding carboxylic acids is 1. The van der Waals surface area contributed by atoms with Gasteiger partial charge in [0, 0.05) is 11.6 Å². The molecule has 7 nitrogen and oxygen atoms in total. The third-order valence-corrected chi connectivity index (χ3v) is 4.95. The highest BCUT2D eigenvalue weighted by Gasteiger charge is 2.17. The molecule has 28 heavy (non-hydrogen) atoms. The van der Waals surface area contributed by atoms with Crippen molar-refractivity contribution in [1.82, 2.24) is 5.32 Å². The van der Waals surface area contributed by atoms with Crippen LogP contribution in [-0.2, 0) is 16.4 Å². The molecular weight excluding hydrogens is 404 g/mol. The van der Waals surface area contributed by atoms with E-state index < -0.39 is 10.0 Å². The van der Waals surface area contributed by atoms with Crippen LogP contribution in [0.1, 0.15) is 29.8 Å². The highest BCUT2D eigenvalue weighted by atomic mass is 35.5. The van der Waals surface area contributed by atoms with Crippen molar-refractivity contribution in [2.75, 3.05) is 13.7 Å². The summed E-state index contributed by atoms with van der Waals surface area (Å²) in [5, 5.41) is 8.48. The average Bonchev–Trinajstić information content (AvgIpc) is 2.61. The Morgan fingerprint density at radius 1 is 1.18 bits per heavy atom. The molecule has 0 aromatic heterocycles. The lowest BCUT2D eigenvalue weighted by Gasteiger charge is -2.14. The van der Waals surface area contributed by atoms with Crippen molar-refractivity contribution < 1.29 is 22.7 Å². The molecule has 0 spiro atoms. The Balaban J connectivity index is 2.11. The van der Waals surface area contributed by atoms with E-state index in [0.717, 1.165) is 0 Å². The van der Waals surface area contributed by atoms with Crippen molar-refractivity contribution in [3.63, 3.8) is 0 Å². The first-order chi connectivity index (χ1) is 13.1. The predicted molar refractivity (Wildman–Crippen MR) is 108 cm³/mol. The second-order valence-electron chi connectivity index (χ2n) is 6.34. The van der Waals surface area contributed by atoms with Gasteiger partial charge in [-0.25, -0.2) is 13.6 Å². The first-order valence-electron chi connectivity index (χ1n) is 8.56. The van der Waals surface area contributed by atoms with Gasteiger partial charge in [-0.3, -0.25) is 4.79 Å². The molecule has 1 amide bonds. The fraction of sp³-hybridized carbons (Fsp3) is 0.316. The summed E-state index contributed by atoms with van der Waals surface area (Å²) in [7, 11) is -2.48. The van der Waals surface area contributed by atoms with Gasteiger partial charge in [-0.2, -0.15) is 0 Å². The van der Waals surface area contributed by atoms with E-state index in [4.69, 9.17) is 26.2 Å². The number of nitrogens with two attached hydrogens (primary N) is 1. The van der Waals surface area contributed by atoms with Crippen molar-refractivity contribution in [3.05, 3.63) is 52.5 Å². The van der Waals surface area contributed by atoms with Crippen molar-refractivity contribution in [3.8, 4) is 11.5 Å². The molecule has 9 heteroatoms. The van der Waals surface area contributed by atoms with Crippen LogP contribution in [0.4, 0.5) is 0 Å². The number of benzene rings is 2. The van der Waals surface area contributed by atoms with Crippen LogP contribution in [0.5, 0.6) is 11.5 Å². The van der Waals surface area contributed by atoms with Gasteiger partial charge in [0.2, 0.25) is 10.0 Å². The summed E-state index contributed by atoms with van der Waals surface area (Å²) < 4.78 is 34.4. The number of ether oxygens (including phenoxy) is 2. The maximum absolute atomic E-state index is 12.4. The Morgan fingerprint density at radius 2 is 1.86 bits per heavy atom. The summed E-state index contributed by atoms with van der Waals surface area (Å²) in [6.07, 6.45) is 0.206. The van der Waals surface area contributed by atoms with Gasteiger partial charge in [0.05, 0.1) is 18.8 Å². The number of sulfonamides is 1. The fourth-order valence-corrected chi connectivity index (χ4v) is 3.44. The molecule has 0 bridgehead atoms. The van der Waals surface area contributed by atoms with Gasteiger partial charge in [0.1, 0.15) is 16.4 Å². The van der Waals surface area contributed by atoms with Crippen LogP contribution >= 0.6 is 11.6 Å². The Bertz CT molecular complexity index is 961. The molecule has 0 fully saturated rings. The van der Waals surface area contributed by atoms with Gasteiger partial charge in [0.25, 0.3) is 5.91 Å². The number of methoxy groups -OCH3 is 1. The lowest BCUT2D eigenvalue weighted by Crippen LogP contribution is -2.26. The summed E-state index contributed by atoms with van der Waals surface area (Å²) in [6.45, 7) is 3.86. The third kappa shape index (κ3) is 5.85. The van der Waals surface area contributed by atoms with E-state index in [1.807, 2.05) is 0 Å². The summed E-state index contributed by atoms with van der Waals surface area (Å²) in [4.78, 5) is 12.3. The molecule has 152 valence electrons. The average molecular weight is 427 g/mol. The van der Waals surface area contributed by atoms with Gasteiger partial charge >= 0.3 is 0 Å². The minimum Gasteiger partial charge on any atom is -0.496 e. The molecular formula is C19H23ClN2O5S. The number of amides is 1. The monoisotopic (exact) mass is 426 g/mol. The van der Waals surface area contributed by atoms with E-state index >= 15 is 0 Å². The van der Waals surface area contributed by atoms with Gasteiger partial charge in [-0.15, -0.1) is 0 Å². The Morgan fingerprint density at radius 3 is 2.46 bits per heavy atom. The zero-order valence-electron chi connectivity index (χ0n) is 15.9. The standard InChI is InChI=1S/C19H23ClN2O5S/c1-12(2)27-17-6-4-13(10-18(17)28(21,24)25)8-9-22-19(23)15-11-14(20)5-7-16(15)26-3/h4-7,10-12H,8-9H2,1-3H3,(H,22,23)(H2,21,24,25). The number of halogens is 1. The lowest BCUT2D eigenvalue weighted by molar-refractivity contribution is 0.0951. The van der Waals surface area contributed by atoms with E-state index in [0.29, 0.717) is 28.3 Å². The summed E-state index contributed by atoms with van der Waals surface area (Å²) in [6, 6.07) is 9.53. The molecule has 0 saturated heterocycles. The van der Waals surface area contributed by atoms with Crippen LogP contribution in [0.15, 0.2) is 41.3 Å². The quantitative estimate of drug-likeness (QED) is 0.674. The molecule has 3 N–H and O–H groups in total. The summed E-state index contributed by atoms with van der Waals surface area (Å²) in [5.74, 6) is 0.272. The highest BCUT2D eigenvalue weighted by molar-refractivity contribution is 7.89. The first kappa shape index (κ1) is 22.0. The highest BCUT2D eigenvalue weighted by Crippen LogP contribution is 2.26. The maximum Gasteiger partial charge on any atom is 0.255 e. The maximum atomic E-state index is 12.4. The number of rotatable bonds is 8. The van der Waals surface area contributed by atoms with Crippen LogP contribution < -0.4 is 19.9 Å². The largest absolute Gasteiger partial charge is 0.496 e. The van der Waals surface area contributed by atoms with Crippen molar-refractivity contribution in [2.24, 2.45) is 5.14 Å². The van der Waals surface area contributed by atoms with E-state index in [9.17, 15) is 13.2 Å². The second kappa shape index (κ2) is 9.27. The van der Waals surface area contributed by atoms with E-state index in [-0.39, 0.29) is 29.2 Å². The van der Waals surface area contributed by atoms with Crippen LogP contribution in [0, 0.1) is 0 Å². The Labute approximate surface area is 169 Å². The van der Waals surface area contributed by atoms with E-state index in [1.54, 1.807) is 38.1 Å². The number of carbonyl (C=O) groups is 1. The molecule has 2 rings (SSSR count). The Kier molecular flexibility index (Phi) is 7.29. The topological polar surface area (TPSA) is 108 Å². The normalized spacial score (nSPS) is 11.4. The van der Waals surface area contributed by atoms with Crippen LogP contribution in [0.3, 0.4) is 0 Å². The van der Waals surface area contributed by atoms with Gasteiger partial charge in [-0.1, -0.05) is 17.7 Å². The molecule has 0 aliphatic heterocycles. The summed E-state index contributed by atoms with van der Waals surface area (Å²) >= 11 is 5.94. The van der Waals surface area contributed by atoms with E-state index in [1.165, 1.54) is 19.2 Å². The third-order valence-electron chi connectivity index (χ3n) is 3.78. The smallest absolute Gasteiger partial charge is 0.255 e. The van der Waals surface area contributed by atoms with Gasteiger partial charge < -0.3 is 14.8 Å². The molecule has 2 aromatic carbocycles. The molecule has 0 unspecified atom stereocenters. The first-order valence-corrected chi connectivity index (χ1v) is 10.5. The van der Waals surface area contributed by atoms with Crippen LogP contribution in [-0.4, -0.2) is 34.1 Å². The minimum absolute atomic E-state index is 0.0819. The Hall–Kier alpha value is -2.29. The van der Waals surface area contributed by atoms with Crippen LogP contribution in [0.25, 0.3) is 0 Å². The number of nitrogens with one attached hydrogen (secondary N) is 1. The van der Waals surface area contributed by atoms with Crippen molar-refractivity contribution >= 4 is 27.5 Å². The van der Waals surface area contributed by atoms with Gasteiger partial charge in [-0.05, 0) is 56.2 Å². The molecule has 0 saturated carbocycles. The zero-order chi connectivity index (χ0) is 20.9. The molecule has 0 atom stereocenters. The van der Waals surface area contributed by atoms with Crippen LogP contribution in [0.2, 0.25) is 5.02 Å². The SMILES string of the molecule is COc1ccc(Cl)cc1C(=O)NCCc1ccc(OC(C)C)c(S(N)(=O)=O)c1. The summed E-state index contributed by atoms with van der Waals surface area (Å²) in [5.41, 5.74) is 1.01. The fourth-order valence-electron chi connectivity index (χ4n) is 2.55. The molecule has 0 heterocycles. The number of hydrogen-bond acceptors (Lipinski definition) is 5. The number of hydrogen-bond donors (Lipinski definition) is 2. The van der Waals surface area contributed by atoms with E-state index in [2.05, 4.69) is 5.32 Å². The molecule has 0 aliphatic carbocycles. The molecule has 0 radical (unpaired) electrons. The predicted octanol–water partition coefficient (Wildman–Crippen LogP) is 2.76. The van der Waals surface area contributed by atoms with Gasteiger partial charge in [0.15, 0.2) is 0 Å². The number of primary sulfonamides is 1. The van der Waals surface area contributed by atoms with Crippen molar-refractivity contribution in [1.29, 1.82) is 0 Å². The minimum atomic E-state index is -3.94. The lowest BCUT2D eigenvalue weighted by atomic mass is 10.1. The zero-order valence-corrected chi connectivity index (χ0v) is 17.4.